The van der Waals surface area contributed by atoms with Crippen LogP contribution in [0.1, 0.15) is 29.8 Å². The van der Waals surface area contributed by atoms with Crippen molar-refractivity contribution in [3.8, 4) is 0 Å². The lowest BCUT2D eigenvalue weighted by molar-refractivity contribution is 0.0697. The van der Waals surface area contributed by atoms with E-state index in [2.05, 4.69) is 18.7 Å². The lowest BCUT2D eigenvalue weighted by Gasteiger charge is -2.27. The molecule has 1 atom stereocenters. The predicted octanol–water partition coefficient (Wildman–Crippen LogP) is 2.24. The molecule has 0 fully saturated rings. The van der Waals surface area contributed by atoms with Gasteiger partial charge in [0.2, 0.25) is 0 Å². The first kappa shape index (κ1) is 14.7. The van der Waals surface area contributed by atoms with Gasteiger partial charge in [0, 0.05) is 19.7 Å². The van der Waals surface area contributed by atoms with Crippen LogP contribution >= 0.6 is 0 Å². The summed E-state index contributed by atoms with van der Waals surface area (Å²) in [5.74, 6) is -0.887. The predicted molar refractivity (Wildman–Crippen MR) is 70.8 cm³/mol. The highest BCUT2D eigenvalue weighted by molar-refractivity contribution is 5.87. The van der Waals surface area contributed by atoms with E-state index < -0.39 is 5.97 Å². The van der Waals surface area contributed by atoms with Gasteiger partial charge in [0.25, 0.3) is 0 Å². The number of carbonyl (C=O) groups is 1. The van der Waals surface area contributed by atoms with E-state index in [1.54, 1.807) is 19.2 Å². The fourth-order valence-electron chi connectivity index (χ4n) is 1.91. The van der Waals surface area contributed by atoms with Crippen molar-refractivity contribution in [2.24, 2.45) is 0 Å². The zero-order valence-corrected chi connectivity index (χ0v) is 11.2. The second kappa shape index (κ2) is 7.13. The Morgan fingerprint density at radius 3 is 2.44 bits per heavy atom. The average molecular weight is 251 g/mol. The van der Waals surface area contributed by atoms with Crippen LogP contribution in [0.3, 0.4) is 0 Å². The highest BCUT2D eigenvalue weighted by atomic mass is 16.5. The molecule has 0 aliphatic carbocycles. The van der Waals surface area contributed by atoms with Gasteiger partial charge >= 0.3 is 5.97 Å². The summed E-state index contributed by atoms with van der Waals surface area (Å²) in [6.07, 6.45) is 0. The van der Waals surface area contributed by atoms with Gasteiger partial charge in [-0.05, 0) is 31.2 Å². The first-order valence-electron chi connectivity index (χ1n) is 6.13. The van der Waals surface area contributed by atoms with Crippen LogP contribution in [-0.4, -0.2) is 42.3 Å². The molecule has 0 spiro atoms. The zero-order chi connectivity index (χ0) is 13.5. The monoisotopic (exact) mass is 251 g/mol. The highest BCUT2D eigenvalue weighted by Crippen LogP contribution is 2.10. The molecule has 1 aromatic rings. The van der Waals surface area contributed by atoms with Gasteiger partial charge in [-0.25, -0.2) is 4.79 Å². The molecule has 18 heavy (non-hydrogen) atoms. The second-order valence-corrected chi connectivity index (χ2v) is 4.37. The van der Waals surface area contributed by atoms with Crippen LogP contribution in [0.25, 0.3) is 0 Å². The molecule has 0 saturated heterocycles. The smallest absolute Gasteiger partial charge is 0.335 e. The molecule has 0 bridgehead atoms. The maximum atomic E-state index is 10.8. The van der Waals surface area contributed by atoms with Gasteiger partial charge in [0.15, 0.2) is 0 Å². The number of likely N-dealkylation sites (N-methyl/N-ethyl adjacent to an activating group) is 1. The summed E-state index contributed by atoms with van der Waals surface area (Å²) in [5, 5.41) is 8.84. The minimum absolute atomic E-state index is 0.326. The first-order chi connectivity index (χ1) is 8.58. The van der Waals surface area contributed by atoms with Crippen LogP contribution < -0.4 is 0 Å². The summed E-state index contributed by atoms with van der Waals surface area (Å²) in [6, 6.07) is 7.37. The van der Waals surface area contributed by atoms with Crippen molar-refractivity contribution in [3.05, 3.63) is 35.4 Å². The molecule has 4 nitrogen and oxygen atoms in total. The minimum atomic E-state index is -0.887. The third kappa shape index (κ3) is 4.13. The van der Waals surface area contributed by atoms with Gasteiger partial charge in [-0.2, -0.15) is 0 Å². The summed E-state index contributed by atoms with van der Waals surface area (Å²) in [5.41, 5.74) is 1.44. The lowest BCUT2D eigenvalue weighted by atomic mass is 10.1. The molecule has 4 heteroatoms. The molecule has 1 rings (SSSR count). The molecular formula is C14H21NO3. The van der Waals surface area contributed by atoms with E-state index in [-0.39, 0.29) is 0 Å². The third-order valence-corrected chi connectivity index (χ3v) is 3.02. The largest absolute Gasteiger partial charge is 0.478 e. The fraction of sp³-hybridized carbons (Fsp3) is 0.500. The Bertz CT molecular complexity index is 375. The number of methoxy groups -OCH3 is 1. The summed E-state index contributed by atoms with van der Waals surface area (Å²) in [6.45, 7) is 6.67. The van der Waals surface area contributed by atoms with Crippen molar-refractivity contribution in [1.29, 1.82) is 0 Å². The van der Waals surface area contributed by atoms with Crippen LogP contribution in [0.4, 0.5) is 0 Å². The van der Waals surface area contributed by atoms with Gasteiger partial charge in [-0.1, -0.05) is 19.1 Å². The molecule has 0 radical (unpaired) electrons. The van der Waals surface area contributed by atoms with Crippen LogP contribution in [0.2, 0.25) is 0 Å². The van der Waals surface area contributed by atoms with Gasteiger partial charge in [-0.3, -0.25) is 4.90 Å². The number of aromatic carboxylic acids is 1. The van der Waals surface area contributed by atoms with Crippen LogP contribution in [0, 0.1) is 0 Å². The molecule has 1 N–H and O–H groups in total. The van der Waals surface area contributed by atoms with E-state index in [4.69, 9.17) is 9.84 Å². The van der Waals surface area contributed by atoms with Crippen molar-refractivity contribution in [3.63, 3.8) is 0 Å². The third-order valence-electron chi connectivity index (χ3n) is 3.02. The molecule has 100 valence electrons. The number of benzene rings is 1. The van der Waals surface area contributed by atoms with E-state index in [0.717, 1.165) is 18.7 Å². The highest BCUT2D eigenvalue weighted by Gasteiger charge is 2.12. The molecule has 0 amide bonds. The number of carboxylic acids is 1. The Morgan fingerprint density at radius 2 is 2.00 bits per heavy atom. The van der Waals surface area contributed by atoms with Crippen LogP contribution in [-0.2, 0) is 11.3 Å². The Balaban J connectivity index is 2.67. The number of hydrogen-bond acceptors (Lipinski definition) is 3. The maximum absolute atomic E-state index is 10.8. The average Bonchev–Trinajstić information content (AvgIpc) is 2.36. The van der Waals surface area contributed by atoms with Crippen molar-refractivity contribution in [1.82, 2.24) is 4.90 Å². The number of hydrogen-bond donors (Lipinski definition) is 1. The number of carboxylic acid groups (broad SMARTS) is 1. The van der Waals surface area contributed by atoms with E-state index in [0.29, 0.717) is 18.2 Å². The summed E-state index contributed by atoms with van der Waals surface area (Å²) < 4.78 is 5.16. The van der Waals surface area contributed by atoms with Crippen LogP contribution in [0.15, 0.2) is 24.3 Å². The molecule has 0 aromatic heterocycles. The Kier molecular flexibility index (Phi) is 5.82. The van der Waals surface area contributed by atoms with Gasteiger partial charge in [0.05, 0.1) is 12.2 Å². The SMILES string of the molecule is CCN(Cc1ccc(C(=O)O)cc1)C(C)COC. The number of ether oxygens (including phenoxy) is 1. The molecule has 0 saturated carbocycles. The lowest BCUT2D eigenvalue weighted by Crippen LogP contribution is -2.35. The van der Waals surface area contributed by atoms with Gasteiger partial charge < -0.3 is 9.84 Å². The standard InChI is InChI=1S/C14H21NO3/c1-4-15(11(2)10-18-3)9-12-5-7-13(8-6-12)14(16)17/h5-8,11H,4,9-10H2,1-3H3,(H,16,17). The molecule has 0 heterocycles. The van der Waals surface area contributed by atoms with Crippen molar-refractivity contribution in [2.45, 2.75) is 26.4 Å². The van der Waals surface area contributed by atoms with E-state index in [1.165, 1.54) is 0 Å². The van der Waals surface area contributed by atoms with E-state index >= 15 is 0 Å². The summed E-state index contributed by atoms with van der Waals surface area (Å²) in [4.78, 5) is 13.0. The van der Waals surface area contributed by atoms with Crippen molar-refractivity contribution < 1.29 is 14.6 Å². The molecule has 0 aliphatic rings. The first-order valence-corrected chi connectivity index (χ1v) is 6.13. The van der Waals surface area contributed by atoms with Crippen molar-refractivity contribution in [2.75, 3.05) is 20.3 Å². The molecular weight excluding hydrogens is 230 g/mol. The zero-order valence-electron chi connectivity index (χ0n) is 11.2. The quantitative estimate of drug-likeness (QED) is 0.807. The number of rotatable bonds is 7. The Hall–Kier alpha value is -1.39. The molecule has 0 aliphatic heterocycles. The Labute approximate surface area is 108 Å². The van der Waals surface area contributed by atoms with E-state index in [1.807, 2.05) is 12.1 Å². The van der Waals surface area contributed by atoms with Gasteiger partial charge in [0.1, 0.15) is 0 Å². The van der Waals surface area contributed by atoms with Gasteiger partial charge in [-0.15, -0.1) is 0 Å². The fourth-order valence-corrected chi connectivity index (χ4v) is 1.91. The second-order valence-electron chi connectivity index (χ2n) is 4.37. The maximum Gasteiger partial charge on any atom is 0.335 e. The van der Waals surface area contributed by atoms with E-state index in [9.17, 15) is 4.79 Å². The number of nitrogens with zero attached hydrogens (tertiary/aromatic N) is 1. The Morgan fingerprint density at radius 1 is 1.39 bits per heavy atom. The molecule has 1 unspecified atom stereocenters. The summed E-state index contributed by atoms with van der Waals surface area (Å²) in [7, 11) is 1.70. The van der Waals surface area contributed by atoms with Crippen molar-refractivity contribution >= 4 is 5.97 Å². The molecule has 1 aromatic carbocycles. The van der Waals surface area contributed by atoms with Crippen LogP contribution in [0.5, 0.6) is 0 Å². The minimum Gasteiger partial charge on any atom is -0.478 e. The normalized spacial score (nSPS) is 12.7. The summed E-state index contributed by atoms with van der Waals surface area (Å²) >= 11 is 0. The topological polar surface area (TPSA) is 49.8 Å².